The standard InChI is InChI=1S/C9H13BrN4O2S/c1-17(15,16)14-4-2-13(3-5-14)9-7-11-8(10)6-12-9/h6-7H,2-5H2,1H3. The number of aromatic nitrogens is 2. The van der Waals surface area contributed by atoms with Crippen molar-refractivity contribution in [1.29, 1.82) is 0 Å². The summed E-state index contributed by atoms with van der Waals surface area (Å²) in [5.41, 5.74) is 0. The topological polar surface area (TPSA) is 66.4 Å². The van der Waals surface area contributed by atoms with Crippen LogP contribution in [0.25, 0.3) is 0 Å². The molecule has 2 rings (SSSR count). The van der Waals surface area contributed by atoms with E-state index in [9.17, 15) is 8.42 Å². The Hall–Kier alpha value is -0.730. The molecule has 0 amide bonds. The van der Waals surface area contributed by atoms with Gasteiger partial charge in [-0.1, -0.05) is 0 Å². The van der Waals surface area contributed by atoms with Gasteiger partial charge >= 0.3 is 0 Å². The third-order valence-electron chi connectivity index (χ3n) is 2.64. The van der Waals surface area contributed by atoms with E-state index in [0.29, 0.717) is 30.8 Å². The van der Waals surface area contributed by atoms with Gasteiger partial charge in [0, 0.05) is 26.2 Å². The highest BCUT2D eigenvalue weighted by Crippen LogP contribution is 2.15. The van der Waals surface area contributed by atoms with Crippen LogP contribution in [-0.4, -0.2) is 55.1 Å². The highest BCUT2D eigenvalue weighted by atomic mass is 79.9. The van der Waals surface area contributed by atoms with Crippen LogP contribution in [0.2, 0.25) is 0 Å². The molecule has 0 bridgehead atoms. The molecule has 1 aromatic rings. The minimum absolute atomic E-state index is 0.497. The zero-order valence-corrected chi connectivity index (χ0v) is 11.8. The van der Waals surface area contributed by atoms with Crippen molar-refractivity contribution in [2.45, 2.75) is 0 Å². The molecule has 1 aliphatic rings. The lowest BCUT2D eigenvalue weighted by atomic mass is 10.3. The molecule has 0 radical (unpaired) electrons. The van der Waals surface area contributed by atoms with Gasteiger partial charge in [0.2, 0.25) is 10.0 Å². The average Bonchev–Trinajstić information content (AvgIpc) is 2.29. The van der Waals surface area contributed by atoms with Crippen LogP contribution in [0.5, 0.6) is 0 Å². The summed E-state index contributed by atoms with van der Waals surface area (Å²) < 4.78 is 24.9. The molecule has 0 N–H and O–H groups in total. The lowest BCUT2D eigenvalue weighted by molar-refractivity contribution is 0.387. The van der Waals surface area contributed by atoms with Crippen LogP contribution in [0.15, 0.2) is 17.0 Å². The first-order valence-electron chi connectivity index (χ1n) is 5.14. The lowest BCUT2D eigenvalue weighted by Crippen LogP contribution is -2.48. The van der Waals surface area contributed by atoms with Crippen molar-refractivity contribution in [3.05, 3.63) is 17.0 Å². The number of hydrogen-bond acceptors (Lipinski definition) is 5. The Morgan fingerprint density at radius 1 is 1.18 bits per heavy atom. The summed E-state index contributed by atoms with van der Waals surface area (Å²) in [6, 6.07) is 0. The predicted octanol–water partition coefficient (Wildman–Crippen LogP) is 0.321. The molecular formula is C9H13BrN4O2S. The van der Waals surface area contributed by atoms with Gasteiger partial charge in [0.05, 0.1) is 18.6 Å². The maximum absolute atomic E-state index is 11.3. The number of nitrogens with zero attached hydrogens (tertiary/aromatic N) is 4. The van der Waals surface area contributed by atoms with E-state index in [2.05, 4.69) is 25.9 Å². The Morgan fingerprint density at radius 3 is 2.29 bits per heavy atom. The number of piperazine rings is 1. The minimum Gasteiger partial charge on any atom is -0.353 e. The summed E-state index contributed by atoms with van der Waals surface area (Å²) in [7, 11) is -3.08. The van der Waals surface area contributed by atoms with Crippen LogP contribution in [0.4, 0.5) is 5.82 Å². The third kappa shape index (κ3) is 3.14. The molecule has 0 aliphatic carbocycles. The van der Waals surface area contributed by atoms with Gasteiger partial charge in [-0.2, -0.15) is 4.31 Å². The zero-order chi connectivity index (χ0) is 12.5. The van der Waals surface area contributed by atoms with Gasteiger partial charge in [0.25, 0.3) is 0 Å². The molecule has 1 aromatic heterocycles. The third-order valence-corrected chi connectivity index (χ3v) is 4.35. The van der Waals surface area contributed by atoms with Gasteiger partial charge in [0.1, 0.15) is 10.4 Å². The van der Waals surface area contributed by atoms with Gasteiger partial charge in [-0.25, -0.2) is 18.4 Å². The minimum atomic E-state index is -3.08. The van der Waals surface area contributed by atoms with Crippen LogP contribution in [-0.2, 0) is 10.0 Å². The van der Waals surface area contributed by atoms with Crippen LogP contribution in [0, 0.1) is 0 Å². The molecule has 2 heterocycles. The van der Waals surface area contributed by atoms with Crippen LogP contribution < -0.4 is 4.90 Å². The van der Waals surface area contributed by atoms with Crippen LogP contribution in [0.1, 0.15) is 0 Å². The van der Waals surface area contributed by atoms with Gasteiger partial charge in [-0.05, 0) is 15.9 Å². The Bertz CT molecular complexity index is 482. The smallest absolute Gasteiger partial charge is 0.211 e. The number of hydrogen-bond donors (Lipinski definition) is 0. The maximum atomic E-state index is 11.3. The Kier molecular flexibility index (Phi) is 3.64. The van der Waals surface area contributed by atoms with E-state index in [0.717, 1.165) is 5.82 Å². The highest BCUT2D eigenvalue weighted by molar-refractivity contribution is 9.10. The SMILES string of the molecule is CS(=O)(=O)N1CCN(c2cnc(Br)cn2)CC1. The van der Waals surface area contributed by atoms with Gasteiger partial charge in [-0.3, -0.25) is 0 Å². The molecule has 17 heavy (non-hydrogen) atoms. The quantitative estimate of drug-likeness (QED) is 0.785. The fourth-order valence-corrected chi connectivity index (χ4v) is 2.75. The number of rotatable bonds is 2. The predicted molar refractivity (Wildman–Crippen MR) is 68.4 cm³/mol. The normalized spacial score (nSPS) is 18.4. The van der Waals surface area contributed by atoms with E-state index >= 15 is 0 Å². The monoisotopic (exact) mass is 320 g/mol. The van der Waals surface area contributed by atoms with Crippen molar-refractivity contribution < 1.29 is 8.42 Å². The molecule has 6 nitrogen and oxygen atoms in total. The lowest BCUT2D eigenvalue weighted by Gasteiger charge is -2.33. The highest BCUT2D eigenvalue weighted by Gasteiger charge is 2.23. The van der Waals surface area contributed by atoms with Crippen molar-refractivity contribution >= 4 is 31.8 Å². The Morgan fingerprint density at radius 2 is 1.82 bits per heavy atom. The van der Waals surface area contributed by atoms with Crippen molar-refractivity contribution in [1.82, 2.24) is 14.3 Å². The van der Waals surface area contributed by atoms with Crippen LogP contribution >= 0.6 is 15.9 Å². The van der Waals surface area contributed by atoms with Crippen molar-refractivity contribution in [2.24, 2.45) is 0 Å². The van der Waals surface area contributed by atoms with E-state index in [-0.39, 0.29) is 0 Å². The molecule has 0 unspecified atom stereocenters. The molecule has 1 fully saturated rings. The summed E-state index contributed by atoms with van der Waals surface area (Å²) in [5.74, 6) is 0.779. The molecule has 1 saturated heterocycles. The van der Waals surface area contributed by atoms with Crippen molar-refractivity contribution in [3.63, 3.8) is 0 Å². The first-order valence-corrected chi connectivity index (χ1v) is 7.78. The molecule has 0 saturated carbocycles. The Labute approximate surface area is 109 Å². The second-order valence-corrected chi connectivity index (χ2v) is 6.64. The second-order valence-electron chi connectivity index (χ2n) is 3.85. The van der Waals surface area contributed by atoms with Crippen molar-refractivity contribution in [2.75, 3.05) is 37.3 Å². The summed E-state index contributed by atoms with van der Waals surface area (Å²) in [5, 5.41) is 0. The zero-order valence-electron chi connectivity index (χ0n) is 9.37. The Balaban J connectivity index is 2.02. The molecule has 94 valence electrons. The first kappa shape index (κ1) is 12.7. The first-order chi connectivity index (χ1) is 7.97. The molecule has 1 aliphatic heterocycles. The van der Waals surface area contributed by atoms with Gasteiger partial charge in [0.15, 0.2) is 0 Å². The van der Waals surface area contributed by atoms with E-state index in [4.69, 9.17) is 0 Å². The van der Waals surface area contributed by atoms with Gasteiger partial charge in [-0.15, -0.1) is 0 Å². The van der Waals surface area contributed by atoms with E-state index in [1.807, 2.05) is 4.90 Å². The molecular weight excluding hydrogens is 308 g/mol. The maximum Gasteiger partial charge on any atom is 0.211 e. The molecule has 0 aromatic carbocycles. The fourth-order valence-electron chi connectivity index (χ4n) is 1.72. The van der Waals surface area contributed by atoms with E-state index in [1.165, 1.54) is 10.6 Å². The number of halogens is 1. The summed E-state index contributed by atoms with van der Waals surface area (Å²) in [6.45, 7) is 2.28. The second kappa shape index (κ2) is 4.87. The molecule has 0 spiro atoms. The summed E-state index contributed by atoms with van der Waals surface area (Å²) in [4.78, 5) is 10.4. The number of sulfonamides is 1. The van der Waals surface area contributed by atoms with Crippen LogP contribution in [0.3, 0.4) is 0 Å². The largest absolute Gasteiger partial charge is 0.353 e. The fraction of sp³-hybridized carbons (Fsp3) is 0.556. The van der Waals surface area contributed by atoms with Crippen molar-refractivity contribution in [3.8, 4) is 0 Å². The summed E-state index contributed by atoms with van der Waals surface area (Å²) in [6.07, 6.45) is 4.56. The van der Waals surface area contributed by atoms with E-state index < -0.39 is 10.0 Å². The average molecular weight is 321 g/mol. The van der Waals surface area contributed by atoms with Gasteiger partial charge < -0.3 is 4.90 Å². The van der Waals surface area contributed by atoms with E-state index in [1.54, 1.807) is 12.4 Å². The summed E-state index contributed by atoms with van der Waals surface area (Å²) >= 11 is 3.23. The molecule has 8 heteroatoms. The molecule has 0 atom stereocenters. The number of anilines is 1.